The lowest BCUT2D eigenvalue weighted by Crippen LogP contribution is -2.29. The zero-order valence-electron chi connectivity index (χ0n) is 9.20. The second-order valence-corrected chi connectivity index (χ2v) is 4.65. The Morgan fingerprint density at radius 2 is 2.35 bits per heavy atom. The molecule has 0 spiro atoms. The first-order chi connectivity index (χ1) is 8.11. The molecule has 1 aliphatic heterocycles. The number of aliphatic hydroxyl groups excluding tert-OH is 1. The van der Waals surface area contributed by atoms with Crippen LogP contribution in [-0.4, -0.2) is 35.6 Å². The number of aliphatic hydroxyl groups is 1. The summed E-state index contributed by atoms with van der Waals surface area (Å²) < 4.78 is 13.5. The first-order valence-corrected chi connectivity index (χ1v) is 5.85. The van der Waals surface area contributed by atoms with Crippen LogP contribution in [0.3, 0.4) is 0 Å². The average Bonchev–Trinajstić information content (AvgIpc) is 2.80. The highest BCUT2D eigenvalue weighted by Gasteiger charge is 2.27. The van der Waals surface area contributed by atoms with Gasteiger partial charge in [0.15, 0.2) is 0 Å². The van der Waals surface area contributed by atoms with E-state index in [9.17, 15) is 9.18 Å². The Kier molecular flexibility index (Phi) is 3.64. The first-order valence-electron chi connectivity index (χ1n) is 5.47. The van der Waals surface area contributed by atoms with Crippen LogP contribution >= 0.6 is 11.6 Å². The Balaban J connectivity index is 2.17. The van der Waals surface area contributed by atoms with Crippen LogP contribution in [0.1, 0.15) is 16.8 Å². The van der Waals surface area contributed by atoms with Gasteiger partial charge in [-0.15, -0.1) is 0 Å². The molecule has 1 atom stereocenters. The smallest absolute Gasteiger partial charge is 0.256 e. The zero-order valence-corrected chi connectivity index (χ0v) is 9.95. The molecule has 1 amide bonds. The molecular weight excluding hydrogens is 245 g/mol. The largest absolute Gasteiger partial charge is 0.396 e. The van der Waals surface area contributed by atoms with Gasteiger partial charge < -0.3 is 10.0 Å². The monoisotopic (exact) mass is 257 g/mol. The summed E-state index contributed by atoms with van der Waals surface area (Å²) in [5.41, 5.74) is -0.00362. The van der Waals surface area contributed by atoms with Gasteiger partial charge in [0.2, 0.25) is 0 Å². The molecule has 1 heterocycles. The molecule has 0 bridgehead atoms. The molecule has 0 aromatic heterocycles. The fourth-order valence-electron chi connectivity index (χ4n) is 2.00. The Morgan fingerprint density at radius 1 is 1.59 bits per heavy atom. The van der Waals surface area contributed by atoms with E-state index in [-0.39, 0.29) is 24.0 Å². The molecule has 1 aromatic carbocycles. The molecule has 1 fully saturated rings. The van der Waals surface area contributed by atoms with Gasteiger partial charge in [0.25, 0.3) is 5.91 Å². The van der Waals surface area contributed by atoms with Crippen LogP contribution < -0.4 is 0 Å². The molecule has 17 heavy (non-hydrogen) atoms. The van der Waals surface area contributed by atoms with Crippen molar-refractivity contribution in [3.8, 4) is 0 Å². The fourth-order valence-corrected chi connectivity index (χ4v) is 2.17. The molecule has 1 aromatic rings. The van der Waals surface area contributed by atoms with Gasteiger partial charge >= 0.3 is 0 Å². The van der Waals surface area contributed by atoms with Crippen LogP contribution in [0.15, 0.2) is 18.2 Å². The van der Waals surface area contributed by atoms with Crippen LogP contribution in [0.4, 0.5) is 4.39 Å². The van der Waals surface area contributed by atoms with Crippen molar-refractivity contribution in [1.82, 2.24) is 4.90 Å². The second-order valence-electron chi connectivity index (χ2n) is 4.21. The summed E-state index contributed by atoms with van der Waals surface area (Å²) in [5.74, 6) is -0.825. The van der Waals surface area contributed by atoms with E-state index in [1.165, 1.54) is 18.2 Å². The minimum atomic E-state index is -0.563. The maximum atomic E-state index is 13.5. The Hall–Kier alpha value is -1.13. The molecular formula is C12H13ClFNO2. The van der Waals surface area contributed by atoms with E-state index in [4.69, 9.17) is 16.7 Å². The Morgan fingerprint density at radius 3 is 3.00 bits per heavy atom. The third-order valence-electron chi connectivity index (χ3n) is 2.99. The van der Waals surface area contributed by atoms with E-state index in [1.54, 1.807) is 4.90 Å². The highest BCUT2D eigenvalue weighted by molar-refractivity contribution is 6.31. The number of likely N-dealkylation sites (tertiary alicyclic amines) is 1. The summed E-state index contributed by atoms with van der Waals surface area (Å²) in [7, 11) is 0. The van der Waals surface area contributed by atoms with Crippen molar-refractivity contribution in [3.05, 3.63) is 34.6 Å². The fraction of sp³-hybridized carbons (Fsp3) is 0.417. The van der Waals surface area contributed by atoms with Gasteiger partial charge in [-0.3, -0.25) is 4.79 Å². The van der Waals surface area contributed by atoms with Crippen LogP contribution in [0, 0.1) is 11.7 Å². The number of amides is 1. The third-order valence-corrected chi connectivity index (χ3v) is 3.23. The quantitative estimate of drug-likeness (QED) is 0.880. The number of hydrogen-bond donors (Lipinski definition) is 1. The van der Waals surface area contributed by atoms with Crippen LogP contribution in [-0.2, 0) is 0 Å². The number of benzene rings is 1. The average molecular weight is 258 g/mol. The highest BCUT2D eigenvalue weighted by Crippen LogP contribution is 2.21. The van der Waals surface area contributed by atoms with E-state index < -0.39 is 5.82 Å². The van der Waals surface area contributed by atoms with Crippen molar-refractivity contribution in [2.24, 2.45) is 5.92 Å². The summed E-state index contributed by atoms with van der Waals surface area (Å²) in [6, 6.07) is 3.94. The molecule has 0 radical (unpaired) electrons. The van der Waals surface area contributed by atoms with E-state index in [0.29, 0.717) is 18.1 Å². The number of halogens is 2. The number of carbonyl (C=O) groups is 1. The number of hydrogen-bond acceptors (Lipinski definition) is 2. The highest BCUT2D eigenvalue weighted by atomic mass is 35.5. The molecule has 2 rings (SSSR count). The van der Waals surface area contributed by atoms with Crippen LogP contribution in [0.25, 0.3) is 0 Å². The summed E-state index contributed by atoms with van der Waals surface area (Å²) in [5, 5.41) is 9.34. The maximum Gasteiger partial charge on any atom is 0.256 e. The van der Waals surface area contributed by atoms with Crippen LogP contribution in [0.2, 0.25) is 5.02 Å². The van der Waals surface area contributed by atoms with Crippen LogP contribution in [0.5, 0.6) is 0 Å². The molecule has 3 nitrogen and oxygen atoms in total. The molecule has 0 saturated carbocycles. The summed E-state index contributed by atoms with van der Waals surface area (Å²) in [4.78, 5) is 13.6. The third kappa shape index (κ3) is 2.58. The molecule has 0 aliphatic carbocycles. The van der Waals surface area contributed by atoms with E-state index >= 15 is 0 Å². The minimum Gasteiger partial charge on any atom is -0.396 e. The van der Waals surface area contributed by atoms with Gasteiger partial charge in [-0.2, -0.15) is 0 Å². The lowest BCUT2D eigenvalue weighted by molar-refractivity contribution is 0.0777. The Bertz CT molecular complexity index is 439. The summed E-state index contributed by atoms with van der Waals surface area (Å²) in [6.07, 6.45) is 0.754. The molecule has 1 N–H and O–H groups in total. The summed E-state index contributed by atoms with van der Waals surface area (Å²) >= 11 is 5.75. The van der Waals surface area contributed by atoms with Crippen molar-refractivity contribution >= 4 is 17.5 Å². The van der Waals surface area contributed by atoms with E-state index in [0.717, 1.165) is 6.42 Å². The standard InChI is InChI=1S/C12H13ClFNO2/c13-9-1-2-11(14)10(5-9)12(17)15-4-3-8(6-15)7-16/h1-2,5,8,16H,3-4,6-7H2. The van der Waals surface area contributed by atoms with Gasteiger partial charge in [0, 0.05) is 30.6 Å². The van der Waals surface area contributed by atoms with Gasteiger partial charge in [0.05, 0.1) is 5.56 Å². The molecule has 1 unspecified atom stereocenters. The zero-order chi connectivity index (χ0) is 12.4. The predicted molar refractivity (Wildman–Crippen MR) is 62.5 cm³/mol. The molecule has 92 valence electrons. The number of nitrogens with zero attached hydrogens (tertiary/aromatic N) is 1. The van der Waals surface area contributed by atoms with Gasteiger partial charge in [-0.1, -0.05) is 11.6 Å². The van der Waals surface area contributed by atoms with Gasteiger partial charge in [-0.05, 0) is 24.6 Å². The molecule has 1 saturated heterocycles. The minimum absolute atomic E-state index is 0.00362. The Labute approximate surface area is 104 Å². The van der Waals surface area contributed by atoms with Gasteiger partial charge in [0.1, 0.15) is 5.82 Å². The van der Waals surface area contributed by atoms with E-state index in [2.05, 4.69) is 0 Å². The number of carbonyl (C=O) groups excluding carboxylic acids is 1. The molecule has 5 heteroatoms. The lowest BCUT2D eigenvalue weighted by Gasteiger charge is -2.16. The topological polar surface area (TPSA) is 40.5 Å². The number of rotatable bonds is 2. The second kappa shape index (κ2) is 5.02. The predicted octanol–water partition coefficient (Wildman–Crippen LogP) is 1.93. The van der Waals surface area contributed by atoms with Crippen molar-refractivity contribution < 1.29 is 14.3 Å². The van der Waals surface area contributed by atoms with Gasteiger partial charge in [-0.25, -0.2) is 4.39 Å². The van der Waals surface area contributed by atoms with Crippen molar-refractivity contribution in [2.75, 3.05) is 19.7 Å². The SMILES string of the molecule is O=C(c1cc(Cl)ccc1F)N1CCC(CO)C1. The normalized spacial score (nSPS) is 19.7. The maximum absolute atomic E-state index is 13.5. The van der Waals surface area contributed by atoms with Crippen molar-refractivity contribution in [1.29, 1.82) is 0 Å². The lowest BCUT2D eigenvalue weighted by atomic mass is 10.1. The first kappa shape index (κ1) is 12.3. The van der Waals surface area contributed by atoms with Crippen molar-refractivity contribution in [3.63, 3.8) is 0 Å². The van der Waals surface area contributed by atoms with Crippen molar-refractivity contribution in [2.45, 2.75) is 6.42 Å². The van der Waals surface area contributed by atoms with E-state index in [1.807, 2.05) is 0 Å². The molecule has 1 aliphatic rings. The summed E-state index contributed by atoms with van der Waals surface area (Å²) in [6.45, 7) is 1.08.